The van der Waals surface area contributed by atoms with E-state index in [2.05, 4.69) is 15.5 Å². The van der Waals surface area contributed by atoms with Crippen LogP contribution in [-0.4, -0.2) is 43.2 Å². The largest absolute Gasteiger partial charge is 0.497 e. The Kier molecular flexibility index (Phi) is 6.27. The highest BCUT2D eigenvalue weighted by Gasteiger charge is 2.37. The second kappa shape index (κ2) is 9.26. The molecule has 1 aliphatic heterocycles. The van der Waals surface area contributed by atoms with Gasteiger partial charge in [-0.3, -0.25) is 4.90 Å². The Bertz CT molecular complexity index is 948. The molecular weight excluding hydrogens is 398 g/mol. The molecule has 8 heteroatoms. The van der Waals surface area contributed by atoms with Crippen molar-refractivity contribution in [1.82, 2.24) is 15.5 Å². The minimum Gasteiger partial charge on any atom is -0.497 e. The number of furan rings is 1. The van der Waals surface area contributed by atoms with E-state index in [1.54, 1.807) is 32.4 Å². The van der Waals surface area contributed by atoms with Crippen LogP contribution >= 0.6 is 0 Å². The quantitative estimate of drug-likeness (QED) is 0.600. The Morgan fingerprint density at radius 1 is 1.19 bits per heavy atom. The Hall–Kier alpha value is -3.26. The SMILES string of the molecule is CCOC(=O)C1=C(CN(Cc2ccco2)C2CC2)NC(=O)NC1c1ccc(OC)cc1. The smallest absolute Gasteiger partial charge is 0.338 e. The molecule has 8 nitrogen and oxygen atoms in total. The van der Waals surface area contributed by atoms with Crippen LogP contribution < -0.4 is 15.4 Å². The Morgan fingerprint density at radius 3 is 2.58 bits per heavy atom. The van der Waals surface area contributed by atoms with Gasteiger partial charge in [-0.25, -0.2) is 9.59 Å². The topological polar surface area (TPSA) is 93.0 Å². The first-order chi connectivity index (χ1) is 15.1. The first-order valence-corrected chi connectivity index (χ1v) is 10.5. The summed E-state index contributed by atoms with van der Waals surface area (Å²) in [7, 11) is 1.59. The second-order valence-electron chi connectivity index (χ2n) is 7.63. The number of esters is 1. The number of urea groups is 1. The zero-order valence-corrected chi connectivity index (χ0v) is 17.7. The summed E-state index contributed by atoms with van der Waals surface area (Å²) in [5.74, 6) is 1.10. The Labute approximate surface area is 181 Å². The number of hydrogen-bond donors (Lipinski definition) is 2. The molecule has 2 amide bonds. The van der Waals surface area contributed by atoms with Crippen LogP contribution in [0.4, 0.5) is 4.79 Å². The molecule has 1 unspecified atom stereocenters. The molecule has 4 rings (SSSR count). The van der Waals surface area contributed by atoms with E-state index in [-0.39, 0.29) is 12.6 Å². The second-order valence-corrected chi connectivity index (χ2v) is 7.63. The third-order valence-electron chi connectivity index (χ3n) is 5.46. The van der Waals surface area contributed by atoms with E-state index >= 15 is 0 Å². The van der Waals surface area contributed by atoms with Gasteiger partial charge in [-0.2, -0.15) is 0 Å². The van der Waals surface area contributed by atoms with Crippen LogP contribution in [0.5, 0.6) is 5.75 Å². The van der Waals surface area contributed by atoms with E-state index in [4.69, 9.17) is 13.9 Å². The lowest BCUT2D eigenvalue weighted by molar-refractivity contribution is -0.139. The maximum absolute atomic E-state index is 13.0. The maximum Gasteiger partial charge on any atom is 0.338 e. The Balaban J connectivity index is 1.68. The zero-order chi connectivity index (χ0) is 21.8. The molecule has 1 aromatic carbocycles. The van der Waals surface area contributed by atoms with Gasteiger partial charge in [0.15, 0.2) is 0 Å². The van der Waals surface area contributed by atoms with E-state index in [0.717, 1.165) is 24.2 Å². The number of carbonyl (C=O) groups is 2. The van der Waals surface area contributed by atoms with Crippen molar-refractivity contribution in [3.05, 3.63) is 65.3 Å². The summed E-state index contributed by atoms with van der Waals surface area (Å²) in [6.45, 7) is 3.04. The third-order valence-corrected chi connectivity index (χ3v) is 5.46. The number of nitrogens with zero attached hydrogens (tertiary/aromatic N) is 1. The number of ether oxygens (including phenoxy) is 2. The first kappa shape index (κ1) is 21.0. The number of benzene rings is 1. The highest BCUT2D eigenvalue weighted by molar-refractivity contribution is 5.95. The summed E-state index contributed by atoms with van der Waals surface area (Å²) in [5, 5.41) is 5.72. The van der Waals surface area contributed by atoms with Crippen LogP contribution in [0.2, 0.25) is 0 Å². The van der Waals surface area contributed by atoms with E-state index in [0.29, 0.717) is 36.2 Å². The third kappa shape index (κ3) is 4.91. The highest BCUT2D eigenvalue weighted by atomic mass is 16.5. The highest BCUT2D eigenvalue weighted by Crippen LogP contribution is 2.33. The molecule has 2 N–H and O–H groups in total. The van der Waals surface area contributed by atoms with Gasteiger partial charge in [-0.05, 0) is 49.6 Å². The van der Waals surface area contributed by atoms with Gasteiger partial charge in [0.25, 0.3) is 0 Å². The fourth-order valence-corrected chi connectivity index (χ4v) is 3.80. The molecule has 2 heterocycles. The summed E-state index contributed by atoms with van der Waals surface area (Å²) < 4.78 is 16.1. The molecule has 1 saturated carbocycles. The molecule has 1 aromatic heterocycles. The van der Waals surface area contributed by atoms with Crippen LogP contribution in [-0.2, 0) is 16.1 Å². The zero-order valence-electron chi connectivity index (χ0n) is 17.7. The fourth-order valence-electron chi connectivity index (χ4n) is 3.80. The van der Waals surface area contributed by atoms with Crippen molar-refractivity contribution < 1.29 is 23.5 Å². The van der Waals surface area contributed by atoms with Gasteiger partial charge >= 0.3 is 12.0 Å². The number of nitrogens with one attached hydrogen (secondary N) is 2. The van der Waals surface area contributed by atoms with Crippen molar-refractivity contribution in [1.29, 1.82) is 0 Å². The van der Waals surface area contributed by atoms with Crippen molar-refractivity contribution in [2.45, 2.75) is 38.4 Å². The molecule has 1 aliphatic carbocycles. The van der Waals surface area contributed by atoms with Gasteiger partial charge < -0.3 is 24.5 Å². The lowest BCUT2D eigenvalue weighted by Crippen LogP contribution is -2.48. The molecule has 31 heavy (non-hydrogen) atoms. The molecular formula is C23H27N3O5. The number of carbonyl (C=O) groups excluding carboxylic acids is 2. The summed E-state index contributed by atoms with van der Waals surface area (Å²) in [6, 6.07) is 10.5. The Morgan fingerprint density at radius 2 is 1.97 bits per heavy atom. The van der Waals surface area contributed by atoms with Crippen LogP contribution in [0.1, 0.15) is 37.1 Å². The summed E-state index contributed by atoms with van der Waals surface area (Å²) in [5.41, 5.74) is 1.75. The van der Waals surface area contributed by atoms with Gasteiger partial charge in [0, 0.05) is 18.3 Å². The van der Waals surface area contributed by atoms with Gasteiger partial charge in [-0.15, -0.1) is 0 Å². The molecule has 2 aliphatic rings. The lowest BCUT2D eigenvalue weighted by Gasteiger charge is -2.32. The van der Waals surface area contributed by atoms with Crippen LogP contribution in [0.15, 0.2) is 58.3 Å². The number of methoxy groups -OCH3 is 1. The molecule has 2 aromatic rings. The minimum atomic E-state index is -0.613. The monoisotopic (exact) mass is 425 g/mol. The van der Waals surface area contributed by atoms with E-state index in [1.807, 2.05) is 24.3 Å². The molecule has 164 valence electrons. The standard InChI is InChI=1S/C23H27N3O5/c1-3-30-22(27)20-19(14-26(16-8-9-16)13-18-5-4-12-31-18)24-23(28)25-21(20)15-6-10-17(29-2)11-7-15/h4-7,10-12,16,21H,3,8-9,13-14H2,1-2H3,(H2,24,25,28). The summed E-state index contributed by atoms with van der Waals surface area (Å²) in [6.07, 6.45) is 3.81. The lowest BCUT2D eigenvalue weighted by atomic mass is 9.95. The van der Waals surface area contributed by atoms with Crippen molar-refractivity contribution in [3.63, 3.8) is 0 Å². The predicted octanol–water partition coefficient (Wildman–Crippen LogP) is 3.12. The van der Waals surface area contributed by atoms with Crippen molar-refractivity contribution in [2.24, 2.45) is 0 Å². The van der Waals surface area contributed by atoms with Gasteiger partial charge in [0.2, 0.25) is 0 Å². The number of rotatable bonds is 9. The molecule has 0 saturated heterocycles. The van der Waals surface area contributed by atoms with Crippen LogP contribution in [0, 0.1) is 0 Å². The number of amides is 2. The molecule has 0 radical (unpaired) electrons. The molecule has 0 spiro atoms. The maximum atomic E-state index is 13.0. The van der Waals surface area contributed by atoms with Gasteiger partial charge in [0.05, 0.1) is 38.1 Å². The predicted molar refractivity (Wildman–Crippen MR) is 113 cm³/mol. The molecule has 0 bridgehead atoms. The minimum absolute atomic E-state index is 0.248. The van der Waals surface area contributed by atoms with Crippen LogP contribution in [0.3, 0.4) is 0 Å². The molecule has 1 atom stereocenters. The van der Waals surface area contributed by atoms with Crippen molar-refractivity contribution in [2.75, 3.05) is 20.3 Å². The van der Waals surface area contributed by atoms with Crippen LogP contribution in [0.25, 0.3) is 0 Å². The van der Waals surface area contributed by atoms with E-state index < -0.39 is 12.0 Å². The van der Waals surface area contributed by atoms with E-state index in [9.17, 15) is 9.59 Å². The van der Waals surface area contributed by atoms with Crippen molar-refractivity contribution in [3.8, 4) is 5.75 Å². The summed E-state index contributed by atoms with van der Waals surface area (Å²) in [4.78, 5) is 27.7. The summed E-state index contributed by atoms with van der Waals surface area (Å²) >= 11 is 0. The van der Waals surface area contributed by atoms with E-state index in [1.165, 1.54) is 0 Å². The average Bonchev–Trinajstić information content (AvgIpc) is 3.49. The first-order valence-electron chi connectivity index (χ1n) is 10.5. The normalized spacial score (nSPS) is 18.5. The fraction of sp³-hybridized carbons (Fsp3) is 0.391. The average molecular weight is 425 g/mol. The number of hydrogen-bond acceptors (Lipinski definition) is 6. The van der Waals surface area contributed by atoms with Crippen molar-refractivity contribution >= 4 is 12.0 Å². The van der Waals surface area contributed by atoms with Gasteiger partial charge in [0.1, 0.15) is 11.5 Å². The van der Waals surface area contributed by atoms with Gasteiger partial charge in [-0.1, -0.05) is 12.1 Å². The molecule has 1 fully saturated rings.